The van der Waals surface area contributed by atoms with Crippen LogP contribution in [-0.2, 0) is 18.3 Å². The zero-order valence-corrected chi connectivity index (χ0v) is 30.6. The van der Waals surface area contributed by atoms with Gasteiger partial charge in [0.1, 0.15) is 0 Å². The first-order valence-electron chi connectivity index (χ1n) is 18.9. The van der Waals surface area contributed by atoms with E-state index in [2.05, 4.69) is 138 Å². The quantitative estimate of drug-likeness (QED) is 0.182. The van der Waals surface area contributed by atoms with Crippen molar-refractivity contribution in [3.8, 4) is 51.0 Å². The minimum Gasteiger partial charge on any atom is -0.280 e. The maximum absolute atomic E-state index is 5.37. The highest BCUT2D eigenvalue weighted by molar-refractivity contribution is 7.99. The highest BCUT2D eigenvalue weighted by Gasteiger charge is 2.51. The molecule has 3 heterocycles. The summed E-state index contributed by atoms with van der Waals surface area (Å²) in [4.78, 5) is 18.4. The van der Waals surface area contributed by atoms with Crippen molar-refractivity contribution in [3.05, 3.63) is 203 Å². The molecule has 2 aromatic heterocycles. The maximum Gasteiger partial charge on any atom is 0.238 e. The van der Waals surface area contributed by atoms with E-state index in [0.29, 0.717) is 17.6 Å². The van der Waals surface area contributed by atoms with Gasteiger partial charge in [0.15, 0.2) is 11.6 Å². The van der Waals surface area contributed by atoms with Crippen LogP contribution in [0.3, 0.4) is 0 Å². The minimum absolute atomic E-state index is 0.491. The van der Waals surface area contributed by atoms with Gasteiger partial charge < -0.3 is 0 Å². The Hall–Kier alpha value is -6.56. The largest absolute Gasteiger partial charge is 0.280 e. The van der Waals surface area contributed by atoms with Crippen LogP contribution in [0, 0.1) is 0 Å². The molecule has 5 heteroatoms. The average molecular weight is 721 g/mol. The highest BCUT2D eigenvalue weighted by Crippen LogP contribution is 2.63. The summed E-state index contributed by atoms with van der Waals surface area (Å²) in [7, 11) is 0. The number of aromatic nitrogens is 4. The highest BCUT2D eigenvalue weighted by atomic mass is 32.2. The number of rotatable bonds is 3. The molecule has 7 aromatic carbocycles. The number of fused-ring (bicyclic) bond motifs is 15. The summed E-state index contributed by atoms with van der Waals surface area (Å²) >= 11 is 1.88. The Balaban J connectivity index is 1.24. The molecule has 0 unspecified atom stereocenters. The van der Waals surface area contributed by atoms with Crippen LogP contribution in [0.25, 0.3) is 61.9 Å². The molecule has 0 bridgehead atoms. The third kappa shape index (κ3) is 4.27. The predicted octanol–water partition coefficient (Wildman–Crippen LogP) is 11.7. The van der Waals surface area contributed by atoms with Gasteiger partial charge in [-0.1, -0.05) is 176 Å². The summed E-state index contributed by atoms with van der Waals surface area (Å²) in [6.45, 7) is 0. The van der Waals surface area contributed by atoms with E-state index in [9.17, 15) is 0 Å². The zero-order valence-electron chi connectivity index (χ0n) is 29.8. The molecule has 2 aliphatic carbocycles. The van der Waals surface area contributed by atoms with Crippen LogP contribution in [0.15, 0.2) is 180 Å². The van der Waals surface area contributed by atoms with Gasteiger partial charge in [-0.05, 0) is 63.4 Å². The molecular formula is C50H32N4S. The van der Waals surface area contributed by atoms with E-state index in [1.54, 1.807) is 0 Å². The molecule has 0 fully saturated rings. The lowest BCUT2D eigenvalue weighted by Gasteiger charge is -2.40. The molecule has 3 aliphatic rings. The SMILES string of the molecule is c1ccc(-c2nc(-c3ccccc3)nc(-n3c4c(c5ccc6c(c53)Sc3ccccc3C63c5ccccc5-c5ccccc53)-c3ccccc3CC4)n2)cc1. The Morgan fingerprint density at radius 2 is 1.04 bits per heavy atom. The Bertz CT molecular complexity index is 2920. The van der Waals surface area contributed by atoms with E-state index >= 15 is 0 Å². The Morgan fingerprint density at radius 3 is 1.71 bits per heavy atom. The maximum atomic E-state index is 5.37. The standard InChI is InChI=1S/C50H32N4S/c1-3-16-32(17-4-1)47-51-48(33-18-5-2-6-19-33)53-49(52-47)54-42-30-27-31-15-7-8-20-34(31)44(42)37-28-29-41-46(45(37)54)55-43-26-14-13-25-40(43)50(41)38-23-11-9-21-35(38)36-22-10-12-24-39(36)50/h1-26,28-29H,27,30H2. The summed E-state index contributed by atoms with van der Waals surface area (Å²) in [6, 6.07) is 61.4. The monoisotopic (exact) mass is 720 g/mol. The topological polar surface area (TPSA) is 43.6 Å². The first-order chi connectivity index (χ1) is 27.3. The first-order valence-corrected chi connectivity index (χ1v) is 19.7. The molecule has 1 spiro atoms. The Morgan fingerprint density at radius 1 is 0.473 bits per heavy atom. The fourth-order valence-corrected chi connectivity index (χ4v) is 10.9. The van der Waals surface area contributed by atoms with Gasteiger partial charge in [0.05, 0.1) is 10.9 Å². The van der Waals surface area contributed by atoms with Crippen LogP contribution in [0.2, 0.25) is 0 Å². The lowest BCUT2D eigenvalue weighted by atomic mass is 9.67. The van der Waals surface area contributed by atoms with Crippen molar-refractivity contribution >= 4 is 22.7 Å². The molecule has 258 valence electrons. The molecule has 55 heavy (non-hydrogen) atoms. The fourth-order valence-electron chi connectivity index (χ4n) is 9.62. The van der Waals surface area contributed by atoms with Crippen LogP contribution in [0.4, 0.5) is 0 Å². The number of benzene rings is 7. The van der Waals surface area contributed by atoms with Gasteiger partial charge in [0.2, 0.25) is 5.95 Å². The molecular weight excluding hydrogens is 689 g/mol. The van der Waals surface area contributed by atoms with E-state index in [0.717, 1.165) is 29.5 Å². The third-order valence-electron chi connectivity index (χ3n) is 11.8. The molecule has 9 aromatic rings. The van der Waals surface area contributed by atoms with Gasteiger partial charge in [-0.15, -0.1) is 0 Å². The predicted molar refractivity (Wildman–Crippen MR) is 222 cm³/mol. The van der Waals surface area contributed by atoms with Gasteiger partial charge in [0, 0.05) is 37.6 Å². The van der Waals surface area contributed by atoms with Crippen molar-refractivity contribution < 1.29 is 0 Å². The van der Waals surface area contributed by atoms with Crippen molar-refractivity contribution in [1.29, 1.82) is 0 Å². The molecule has 12 rings (SSSR count). The molecule has 0 saturated carbocycles. The van der Waals surface area contributed by atoms with Crippen molar-refractivity contribution in [3.63, 3.8) is 0 Å². The van der Waals surface area contributed by atoms with Gasteiger partial charge in [-0.2, -0.15) is 9.97 Å². The average Bonchev–Trinajstić information content (AvgIpc) is 3.76. The minimum atomic E-state index is -0.491. The van der Waals surface area contributed by atoms with Crippen molar-refractivity contribution in [2.75, 3.05) is 0 Å². The van der Waals surface area contributed by atoms with Crippen LogP contribution < -0.4 is 0 Å². The molecule has 0 saturated heterocycles. The van der Waals surface area contributed by atoms with Crippen LogP contribution >= 0.6 is 11.8 Å². The first kappa shape index (κ1) is 30.9. The second-order valence-electron chi connectivity index (χ2n) is 14.6. The molecule has 4 nitrogen and oxygen atoms in total. The summed E-state index contributed by atoms with van der Waals surface area (Å²) in [5.41, 5.74) is 15.7. The van der Waals surface area contributed by atoms with Crippen molar-refractivity contribution in [1.82, 2.24) is 19.5 Å². The Labute approximate surface area is 323 Å². The van der Waals surface area contributed by atoms with Crippen LogP contribution in [0.1, 0.15) is 33.5 Å². The van der Waals surface area contributed by atoms with E-state index < -0.39 is 5.41 Å². The van der Waals surface area contributed by atoms with Crippen LogP contribution in [0.5, 0.6) is 0 Å². The summed E-state index contributed by atoms with van der Waals surface area (Å²) < 4.78 is 2.40. The second kappa shape index (κ2) is 11.7. The summed E-state index contributed by atoms with van der Waals surface area (Å²) in [5.74, 6) is 1.97. The smallest absolute Gasteiger partial charge is 0.238 e. The van der Waals surface area contributed by atoms with E-state index in [-0.39, 0.29) is 0 Å². The van der Waals surface area contributed by atoms with Crippen molar-refractivity contribution in [2.45, 2.75) is 28.0 Å². The number of hydrogen-bond donors (Lipinski definition) is 0. The van der Waals surface area contributed by atoms with Gasteiger partial charge in [-0.3, -0.25) is 4.57 Å². The van der Waals surface area contributed by atoms with E-state index in [4.69, 9.17) is 15.0 Å². The molecule has 1 aliphatic heterocycles. The fraction of sp³-hybridized carbons (Fsp3) is 0.0600. The van der Waals surface area contributed by atoms with Gasteiger partial charge in [-0.25, -0.2) is 4.98 Å². The Kier molecular flexibility index (Phi) is 6.57. The third-order valence-corrected chi connectivity index (χ3v) is 13.0. The molecule has 0 radical (unpaired) electrons. The lowest BCUT2D eigenvalue weighted by Crippen LogP contribution is -2.32. The van der Waals surface area contributed by atoms with E-state index in [1.807, 2.05) is 48.2 Å². The van der Waals surface area contributed by atoms with Crippen molar-refractivity contribution in [2.24, 2.45) is 0 Å². The number of nitrogens with zero attached hydrogens (tertiary/aromatic N) is 4. The normalized spacial score (nSPS) is 14.1. The number of aryl methyl sites for hydroxylation is 1. The molecule has 0 atom stereocenters. The van der Waals surface area contributed by atoms with E-state index in [1.165, 1.54) is 70.9 Å². The summed E-state index contributed by atoms with van der Waals surface area (Å²) in [5, 5.41) is 1.23. The number of hydrogen-bond acceptors (Lipinski definition) is 4. The molecule has 0 amide bonds. The van der Waals surface area contributed by atoms with Gasteiger partial charge >= 0.3 is 0 Å². The zero-order chi connectivity index (χ0) is 36.1. The molecule has 0 N–H and O–H groups in total. The summed E-state index contributed by atoms with van der Waals surface area (Å²) in [6.07, 6.45) is 1.82. The lowest BCUT2D eigenvalue weighted by molar-refractivity contribution is 0.723. The second-order valence-corrected chi connectivity index (χ2v) is 15.7. The van der Waals surface area contributed by atoms with Gasteiger partial charge in [0.25, 0.3) is 0 Å². The van der Waals surface area contributed by atoms with Crippen LogP contribution in [-0.4, -0.2) is 19.5 Å².